The third kappa shape index (κ3) is 5.55. The molecule has 0 unspecified atom stereocenters. The van der Waals surface area contributed by atoms with E-state index in [4.69, 9.17) is 10.1 Å². The number of hydrogen-bond donors (Lipinski definition) is 2. The molecule has 3 heterocycles. The van der Waals surface area contributed by atoms with Gasteiger partial charge in [-0.05, 0) is 36.6 Å². The number of rotatable bonds is 9. The van der Waals surface area contributed by atoms with Gasteiger partial charge in [0.1, 0.15) is 12.1 Å². The highest BCUT2D eigenvalue weighted by atomic mass is 32.2. The summed E-state index contributed by atoms with van der Waals surface area (Å²) in [7, 11) is -1.86. The van der Waals surface area contributed by atoms with Crippen LogP contribution in [0.25, 0.3) is 16.9 Å². The maximum absolute atomic E-state index is 11.6. The summed E-state index contributed by atoms with van der Waals surface area (Å²) in [4.78, 5) is 20.1. The minimum atomic E-state index is -3.72. The summed E-state index contributed by atoms with van der Waals surface area (Å²) < 4.78 is 24.8. The summed E-state index contributed by atoms with van der Waals surface area (Å²) in [5.41, 5.74) is 3.32. The molecule has 0 bridgehead atoms. The molecule has 2 aromatic carbocycles. The molecule has 188 valence electrons. The lowest BCUT2D eigenvalue weighted by Gasteiger charge is -2.19. The van der Waals surface area contributed by atoms with Crippen molar-refractivity contribution in [1.29, 1.82) is 0 Å². The number of aryl methyl sites for hydroxylation is 1. The number of fused-ring (bicyclic) bond motifs is 1. The molecule has 0 saturated carbocycles. The molecule has 3 N–H and O–H groups in total. The van der Waals surface area contributed by atoms with Gasteiger partial charge in [-0.3, -0.25) is 4.90 Å². The summed E-state index contributed by atoms with van der Waals surface area (Å²) in [5.74, 6) is 1.66. The van der Waals surface area contributed by atoms with E-state index in [2.05, 4.69) is 25.4 Å². The van der Waals surface area contributed by atoms with E-state index in [9.17, 15) is 8.42 Å². The van der Waals surface area contributed by atoms with Gasteiger partial charge in [-0.25, -0.2) is 28.5 Å². The summed E-state index contributed by atoms with van der Waals surface area (Å²) in [5, 5.41) is 12.8. The number of primary sulfonamides is 1. The van der Waals surface area contributed by atoms with Crippen molar-refractivity contribution < 1.29 is 8.42 Å². The Kier molecular flexibility index (Phi) is 6.75. The van der Waals surface area contributed by atoms with Crippen LogP contribution in [0.15, 0.2) is 84.1 Å². The second kappa shape index (κ2) is 10.3. The molecular formula is C25H25N9O2S. The van der Waals surface area contributed by atoms with Gasteiger partial charge < -0.3 is 5.32 Å². The number of benzene rings is 2. The van der Waals surface area contributed by atoms with Crippen molar-refractivity contribution in [3.63, 3.8) is 0 Å². The Morgan fingerprint density at radius 2 is 1.84 bits per heavy atom. The van der Waals surface area contributed by atoms with Crippen LogP contribution in [0.3, 0.4) is 0 Å². The molecule has 12 heteroatoms. The van der Waals surface area contributed by atoms with Crippen LogP contribution in [0.5, 0.6) is 0 Å². The monoisotopic (exact) mass is 515 g/mol. The first-order valence-electron chi connectivity index (χ1n) is 11.6. The number of nitrogens with one attached hydrogen (secondary N) is 1. The van der Waals surface area contributed by atoms with E-state index >= 15 is 0 Å². The lowest BCUT2D eigenvalue weighted by Crippen LogP contribution is -2.18. The van der Waals surface area contributed by atoms with Crippen molar-refractivity contribution in [2.24, 2.45) is 5.14 Å². The van der Waals surface area contributed by atoms with E-state index in [1.54, 1.807) is 28.9 Å². The SMILES string of the molecule is CN(c1ccnc(NCCCc2cccc(S(N)(=O)=O)c2)n1)c1nc(-c2ccccc2)cc2ncnn12. The first-order valence-corrected chi connectivity index (χ1v) is 13.1. The molecule has 5 aromatic rings. The van der Waals surface area contributed by atoms with Crippen LogP contribution in [0.2, 0.25) is 0 Å². The number of aromatic nitrogens is 6. The van der Waals surface area contributed by atoms with Crippen molar-refractivity contribution in [3.8, 4) is 11.3 Å². The number of anilines is 3. The fourth-order valence-electron chi connectivity index (χ4n) is 3.88. The number of nitrogens with zero attached hydrogens (tertiary/aromatic N) is 7. The Morgan fingerprint density at radius 3 is 2.65 bits per heavy atom. The van der Waals surface area contributed by atoms with Crippen LogP contribution < -0.4 is 15.4 Å². The molecule has 0 fully saturated rings. The van der Waals surface area contributed by atoms with E-state index in [-0.39, 0.29) is 4.90 Å². The zero-order chi connectivity index (χ0) is 25.8. The largest absolute Gasteiger partial charge is 0.354 e. The predicted molar refractivity (Wildman–Crippen MR) is 141 cm³/mol. The maximum Gasteiger partial charge on any atom is 0.238 e. The zero-order valence-electron chi connectivity index (χ0n) is 20.1. The summed E-state index contributed by atoms with van der Waals surface area (Å²) in [6, 6.07) is 20.2. The van der Waals surface area contributed by atoms with Crippen LogP contribution in [0.1, 0.15) is 12.0 Å². The van der Waals surface area contributed by atoms with Gasteiger partial charge >= 0.3 is 0 Å². The van der Waals surface area contributed by atoms with Crippen LogP contribution in [-0.4, -0.2) is 51.6 Å². The van der Waals surface area contributed by atoms with Crippen LogP contribution >= 0.6 is 0 Å². The Bertz CT molecular complexity index is 1640. The normalized spacial score (nSPS) is 11.5. The standard InChI is InChI=1S/C25H25N9O2S/c1-33(25-31-21(19-9-3-2-4-10-19)16-23-29-17-30-34(23)25)22-12-14-28-24(32-22)27-13-6-8-18-7-5-11-20(15-18)37(26,35)36/h2-5,7,9-12,14-17H,6,8,13H2,1H3,(H2,26,35,36)(H,27,28,32). The summed E-state index contributed by atoms with van der Waals surface area (Å²) in [6.07, 6.45) is 4.60. The molecule has 0 spiro atoms. The number of hydrogen-bond acceptors (Lipinski definition) is 9. The van der Waals surface area contributed by atoms with Crippen molar-refractivity contribution >= 4 is 33.4 Å². The summed E-state index contributed by atoms with van der Waals surface area (Å²) in [6.45, 7) is 0.599. The van der Waals surface area contributed by atoms with Gasteiger partial charge in [0.2, 0.25) is 21.9 Å². The molecule has 5 rings (SSSR count). The van der Waals surface area contributed by atoms with E-state index in [0.29, 0.717) is 36.3 Å². The Balaban J connectivity index is 1.30. The van der Waals surface area contributed by atoms with Gasteiger partial charge in [0.05, 0.1) is 10.6 Å². The van der Waals surface area contributed by atoms with Crippen LogP contribution in [-0.2, 0) is 16.4 Å². The van der Waals surface area contributed by atoms with Gasteiger partial charge in [0.25, 0.3) is 0 Å². The molecule has 0 aliphatic heterocycles. The fourth-order valence-corrected chi connectivity index (χ4v) is 4.46. The zero-order valence-corrected chi connectivity index (χ0v) is 20.9. The van der Waals surface area contributed by atoms with Crippen molar-refractivity contribution in [2.75, 3.05) is 23.8 Å². The second-order valence-electron chi connectivity index (χ2n) is 8.36. The first kappa shape index (κ1) is 24.3. The van der Waals surface area contributed by atoms with E-state index < -0.39 is 10.0 Å². The first-order chi connectivity index (χ1) is 17.9. The molecule has 11 nitrogen and oxygen atoms in total. The molecule has 0 radical (unpaired) electrons. The van der Waals surface area contributed by atoms with Gasteiger partial charge in [-0.15, -0.1) is 0 Å². The lowest BCUT2D eigenvalue weighted by atomic mass is 10.1. The Hall–Kier alpha value is -4.42. The molecule has 0 aliphatic carbocycles. The van der Waals surface area contributed by atoms with Crippen LogP contribution in [0, 0.1) is 0 Å². The maximum atomic E-state index is 11.6. The highest BCUT2D eigenvalue weighted by molar-refractivity contribution is 7.89. The fraction of sp³-hybridized carbons (Fsp3) is 0.160. The molecule has 3 aromatic heterocycles. The average molecular weight is 516 g/mol. The third-order valence-electron chi connectivity index (χ3n) is 5.76. The lowest BCUT2D eigenvalue weighted by molar-refractivity contribution is 0.597. The van der Waals surface area contributed by atoms with Crippen molar-refractivity contribution in [2.45, 2.75) is 17.7 Å². The highest BCUT2D eigenvalue weighted by Gasteiger charge is 2.16. The Morgan fingerprint density at radius 1 is 1.00 bits per heavy atom. The smallest absolute Gasteiger partial charge is 0.238 e. The molecule has 0 saturated heterocycles. The second-order valence-corrected chi connectivity index (χ2v) is 9.92. The van der Waals surface area contributed by atoms with Crippen molar-refractivity contribution in [1.82, 2.24) is 29.5 Å². The van der Waals surface area contributed by atoms with Crippen LogP contribution in [0.4, 0.5) is 17.7 Å². The quantitative estimate of drug-likeness (QED) is 0.283. The molecular weight excluding hydrogens is 490 g/mol. The average Bonchev–Trinajstić information content (AvgIpc) is 3.39. The van der Waals surface area contributed by atoms with E-state index in [1.165, 1.54) is 12.4 Å². The summed E-state index contributed by atoms with van der Waals surface area (Å²) >= 11 is 0. The molecule has 37 heavy (non-hydrogen) atoms. The molecule has 0 aliphatic rings. The topological polar surface area (TPSA) is 144 Å². The minimum Gasteiger partial charge on any atom is -0.354 e. The van der Waals surface area contributed by atoms with E-state index in [1.807, 2.05) is 54.4 Å². The van der Waals surface area contributed by atoms with E-state index in [0.717, 1.165) is 23.2 Å². The highest BCUT2D eigenvalue weighted by Crippen LogP contribution is 2.25. The van der Waals surface area contributed by atoms with Gasteiger partial charge in [-0.2, -0.15) is 14.6 Å². The molecule has 0 amide bonds. The number of sulfonamides is 1. The Labute approximate surface area is 214 Å². The molecule has 0 atom stereocenters. The number of nitrogens with two attached hydrogens (primary N) is 1. The van der Waals surface area contributed by atoms with Gasteiger partial charge in [0, 0.05) is 31.4 Å². The van der Waals surface area contributed by atoms with Gasteiger partial charge in [-0.1, -0.05) is 42.5 Å². The van der Waals surface area contributed by atoms with Gasteiger partial charge in [0.15, 0.2) is 5.65 Å². The predicted octanol–water partition coefficient (Wildman–Crippen LogP) is 3.04. The van der Waals surface area contributed by atoms with Crippen molar-refractivity contribution in [3.05, 3.63) is 84.8 Å². The minimum absolute atomic E-state index is 0.114. The third-order valence-corrected chi connectivity index (χ3v) is 6.67.